The SMILES string of the molecule is O=[N+]([O-])c1ccc(S(=O)(=O)N2CC(c3cc(F)ccc3F)=CC(c3ccccc3)C2)cc1. The lowest BCUT2D eigenvalue weighted by Crippen LogP contribution is -2.38. The van der Waals surface area contributed by atoms with Crippen molar-refractivity contribution in [3.63, 3.8) is 0 Å². The van der Waals surface area contributed by atoms with Crippen molar-refractivity contribution in [2.45, 2.75) is 10.8 Å². The van der Waals surface area contributed by atoms with Gasteiger partial charge in [-0.2, -0.15) is 4.31 Å². The fraction of sp³-hybridized carbons (Fsp3) is 0.130. The molecular formula is C23H18F2N2O4S. The van der Waals surface area contributed by atoms with Gasteiger partial charge in [0.2, 0.25) is 10.0 Å². The minimum Gasteiger partial charge on any atom is -0.258 e. The van der Waals surface area contributed by atoms with Gasteiger partial charge in [0.15, 0.2) is 0 Å². The van der Waals surface area contributed by atoms with E-state index in [0.29, 0.717) is 5.57 Å². The Morgan fingerprint density at radius 1 is 0.969 bits per heavy atom. The van der Waals surface area contributed by atoms with E-state index in [0.717, 1.165) is 35.9 Å². The highest BCUT2D eigenvalue weighted by molar-refractivity contribution is 7.89. The number of rotatable bonds is 5. The zero-order chi connectivity index (χ0) is 22.9. The minimum absolute atomic E-state index is 0.00506. The van der Waals surface area contributed by atoms with Crippen LogP contribution in [0.3, 0.4) is 0 Å². The highest BCUT2D eigenvalue weighted by Crippen LogP contribution is 2.34. The minimum atomic E-state index is -4.06. The van der Waals surface area contributed by atoms with Crippen LogP contribution < -0.4 is 0 Å². The van der Waals surface area contributed by atoms with Crippen molar-refractivity contribution in [2.24, 2.45) is 0 Å². The monoisotopic (exact) mass is 456 g/mol. The molecule has 1 heterocycles. The van der Waals surface area contributed by atoms with Gasteiger partial charge >= 0.3 is 0 Å². The summed E-state index contributed by atoms with van der Waals surface area (Å²) in [6.45, 7) is -0.0766. The molecule has 1 unspecified atom stereocenters. The third-order valence-corrected chi connectivity index (χ3v) is 7.16. The average molecular weight is 456 g/mol. The Labute approximate surface area is 183 Å². The molecule has 0 spiro atoms. The highest BCUT2D eigenvalue weighted by Gasteiger charge is 2.32. The molecule has 3 aromatic carbocycles. The van der Waals surface area contributed by atoms with Crippen LogP contribution in [0, 0.1) is 21.7 Å². The maximum Gasteiger partial charge on any atom is 0.269 e. The van der Waals surface area contributed by atoms with E-state index in [1.165, 1.54) is 16.4 Å². The maximum atomic E-state index is 14.5. The maximum absolute atomic E-state index is 14.5. The Morgan fingerprint density at radius 3 is 2.31 bits per heavy atom. The van der Waals surface area contributed by atoms with Crippen LogP contribution in [-0.4, -0.2) is 30.7 Å². The van der Waals surface area contributed by atoms with E-state index in [9.17, 15) is 27.3 Å². The van der Waals surface area contributed by atoms with Gasteiger partial charge in [-0.25, -0.2) is 17.2 Å². The van der Waals surface area contributed by atoms with Gasteiger partial charge in [-0.3, -0.25) is 10.1 Å². The molecule has 4 rings (SSSR count). The Hall–Kier alpha value is -3.43. The number of benzene rings is 3. The predicted molar refractivity (Wildman–Crippen MR) is 115 cm³/mol. The smallest absolute Gasteiger partial charge is 0.258 e. The molecule has 0 bridgehead atoms. The first kappa shape index (κ1) is 21.8. The van der Waals surface area contributed by atoms with Gasteiger partial charge in [-0.05, 0) is 41.5 Å². The highest BCUT2D eigenvalue weighted by atomic mass is 32.2. The molecular weight excluding hydrogens is 438 g/mol. The molecule has 164 valence electrons. The van der Waals surface area contributed by atoms with Gasteiger partial charge in [0.25, 0.3) is 5.69 Å². The molecule has 32 heavy (non-hydrogen) atoms. The van der Waals surface area contributed by atoms with E-state index in [2.05, 4.69) is 0 Å². The fourth-order valence-electron chi connectivity index (χ4n) is 3.71. The zero-order valence-electron chi connectivity index (χ0n) is 16.7. The molecule has 0 aliphatic carbocycles. The first-order valence-corrected chi connectivity index (χ1v) is 11.2. The summed E-state index contributed by atoms with van der Waals surface area (Å²) in [5.41, 5.74) is 0.930. The van der Waals surface area contributed by atoms with Crippen LogP contribution in [0.5, 0.6) is 0 Å². The first-order chi connectivity index (χ1) is 15.3. The van der Waals surface area contributed by atoms with E-state index in [-0.39, 0.29) is 29.2 Å². The Morgan fingerprint density at radius 2 is 1.66 bits per heavy atom. The molecule has 0 saturated carbocycles. The summed E-state index contributed by atoms with van der Waals surface area (Å²) >= 11 is 0. The molecule has 0 saturated heterocycles. The number of non-ortho nitro benzene ring substituents is 1. The van der Waals surface area contributed by atoms with Crippen molar-refractivity contribution in [1.82, 2.24) is 4.31 Å². The van der Waals surface area contributed by atoms with Crippen molar-refractivity contribution in [3.05, 3.63) is 112 Å². The second-order valence-electron chi connectivity index (χ2n) is 7.38. The number of hydrogen-bond acceptors (Lipinski definition) is 4. The van der Waals surface area contributed by atoms with Crippen molar-refractivity contribution in [1.29, 1.82) is 0 Å². The third-order valence-electron chi connectivity index (χ3n) is 5.34. The Balaban J connectivity index is 1.77. The van der Waals surface area contributed by atoms with Gasteiger partial charge in [-0.15, -0.1) is 0 Å². The van der Waals surface area contributed by atoms with Crippen molar-refractivity contribution < 1.29 is 22.1 Å². The quantitative estimate of drug-likeness (QED) is 0.410. The molecule has 0 amide bonds. The number of nitro benzene ring substituents is 1. The topological polar surface area (TPSA) is 80.5 Å². The standard InChI is InChI=1S/C23H18F2N2O4S/c24-19-6-11-23(25)22(13-19)18-12-17(16-4-2-1-3-5-16)14-26(15-18)32(30,31)21-9-7-20(8-10-21)27(28)29/h1-13,17H,14-15H2. The first-order valence-electron chi connectivity index (χ1n) is 9.71. The lowest BCUT2D eigenvalue weighted by Gasteiger charge is -2.32. The van der Waals surface area contributed by atoms with Gasteiger partial charge in [0.1, 0.15) is 11.6 Å². The molecule has 0 N–H and O–H groups in total. The molecule has 3 aromatic rings. The number of hydrogen-bond donors (Lipinski definition) is 0. The summed E-state index contributed by atoms with van der Waals surface area (Å²) in [5.74, 6) is -1.68. The normalized spacial score (nSPS) is 17.1. The van der Waals surface area contributed by atoms with Gasteiger partial charge in [0, 0.05) is 36.7 Å². The van der Waals surface area contributed by atoms with Crippen LogP contribution >= 0.6 is 0 Å². The third kappa shape index (κ3) is 4.30. The summed E-state index contributed by atoms with van der Waals surface area (Å²) < 4.78 is 56.2. The molecule has 1 aliphatic heterocycles. The lowest BCUT2D eigenvalue weighted by atomic mass is 9.91. The second kappa shape index (κ2) is 8.60. The molecule has 0 fully saturated rings. The van der Waals surface area contributed by atoms with Crippen LogP contribution in [0.4, 0.5) is 14.5 Å². The van der Waals surface area contributed by atoms with Crippen LogP contribution in [0.25, 0.3) is 5.57 Å². The zero-order valence-corrected chi connectivity index (χ0v) is 17.5. The summed E-state index contributed by atoms with van der Waals surface area (Å²) in [7, 11) is -4.06. The second-order valence-corrected chi connectivity index (χ2v) is 9.32. The van der Waals surface area contributed by atoms with Crippen LogP contribution in [0.2, 0.25) is 0 Å². The number of nitro groups is 1. The Bertz CT molecular complexity index is 1290. The predicted octanol–water partition coefficient (Wildman–Crippen LogP) is 4.74. The average Bonchev–Trinajstić information content (AvgIpc) is 2.81. The van der Waals surface area contributed by atoms with Crippen molar-refractivity contribution in [2.75, 3.05) is 13.1 Å². The summed E-state index contributed by atoms with van der Waals surface area (Å²) in [4.78, 5) is 10.2. The molecule has 1 aliphatic rings. The molecule has 0 radical (unpaired) electrons. The van der Waals surface area contributed by atoms with Gasteiger partial charge < -0.3 is 0 Å². The van der Waals surface area contributed by atoms with Crippen molar-refractivity contribution in [3.8, 4) is 0 Å². The summed E-state index contributed by atoms with van der Waals surface area (Å²) in [5, 5.41) is 10.9. The van der Waals surface area contributed by atoms with Crippen LogP contribution in [-0.2, 0) is 10.0 Å². The fourth-order valence-corrected chi connectivity index (χ4v) is 5.16. The Kier molecular flexibility index (Phi) is 5.86. The van der Waals surface area contributed by atoms with Crippen LogP contribution in [0.1, 0.15) is 17.0 Å². The van der Waals surface area contributed by atoms with E-state index >= 15 is 0 Å². The number of sulfonamides is 1. The van der Waals surface area contributed by atoms with Gasteiger partial charge in [0.05, 0.1) is 9.82 Å². The van der Waals surface area contributed by atoms with Crippen LogP contribution in [0.15, 0.2) is 83.8 Å². The summed E-state index contributed by atoms with van der Waals surface area (Å²) in [6, 6.07) is 16.8. The van der Waals surface area contributed by atoms with E-state index < -0.39 is 32.5 Å². The molecule has 6 nitrogen and oxygen atoms in total. The van der Waals surface area contributed by atoms with Crippen molar-refractivity contribution >= 4 is 21.3 Å². The molecule has 0 aromatic heterocycles. The van der Waals surface area contributed by atoms with Gasteiger partial charge in [-0.1, -0.05) is 36.4 Å². The number of halogens is 2. The lowest BCUT2D eigenvalue weighted by molar-refractivity contribution is -0.384. The van der Waals surface area contributed by atoms with E-state index in [4.69, 9.17) is 0 Å². The summed E-state index contributed by atoms with van der Waals surface area (Å²) in [6.07, 6.45) is 1.76. The number of nitrogens with zero attached hydrogens (tertiary/aromatic N) is 2. The molecule has 1 atom stereocenters. The van der Waals surface area contributed by atoms with E-state index in [1.54, 1.807) is 6.08 Å². The molecule has 9 heteroatoms. The largest absolute Gasteiger partial charge is 0.269 e. The van der Waals surface area contributed by atoms with E-state index in [1.807, 2.05) is 30.3 Å².